The largest absolute Gasteiger partial charge is 0.488 e. The molecule has 0 fully saturated rings. The van der Waals surface area contributed by atoms with E-state index in [1.54, 1.807) is 12.1 Å². The molecule has 0 bridgehead atoms. The second kappa shape index (κ2) is 10.3. The number of aryl methyl sites for hydroxylation is 1. The highest BCUT2D eigenvalue weighted by molar-refractivity contribution is 6.58. The number of benzene rings is 1. The Morgan fingerprint density at radius 1 is 1.06 bits per heavy atom. The van der Waals surface area contributed by atoms with Gasteiger partial charge in [0.25, 0.3) is 0 Å². The molecule has 1 rings (SSSR count). The Morgan fingerprint density at radius 2 is 1.47 bits per heavy atom. The fraction of sp³-hybridized carbons (Fsp3) is 0.538. The van der Waals surface area contributed by atoms with E-state index in [0.717, 1.165) is 18.4 Å². The Balaban J connectivity index is 0. The molecule has 1 aromatic rings. The summed E-state index contributed by atoms with van der Waals surface area (Å²) in [5, 5.41) is 26.0. The summed E-state index contributed by atoms with van der Waals surface area (Å²) in [5.74, 6) is 0. The van der Waals surface area contributed by atoms with Gasteiger partial charge in [0.15, 0.2) is 0 Å². The van der Waals surface area contributed by atoms with E-state index < -0.39 is 7.12 Å². The van der Waals surface area contributed by atoms with Gasteiger partial charge in [-0.05, 0) is 25.2 Å². The third kappa shape index (κ3) is 8.92. The van der Waals surface area contributed by atoms with Crippen LogP contribution in [-0.2, 0) is 0 Å². The summed E-state index contributed by atoms with van der Waals surface area (Å²) in [6, 6.07) is 7.07. The summed E-state index contributed by atoms with van der Waals surface area (Å²) >= 11 is 0. The molecule has 0 unspecified atom stereocenters. The van der Waals surface area contributed by atoms with Crippen LogP contribution in [0.3, 0.4) is 0 Å². The molecule has 0 saturated heterocycles. The molecule has 0 amide bonds. The van der Waals surface area contributed by atoms with E-state index in [2.05, 4.69) is 0 Å². The fourth-order valence-corrected chi connectivity index (χ4v) is 1.03. The molecule has 4 heteroatoms. The monoisotopic (exact) mass is 240 g/mol. The Morgan fingerprint density at radius 3 is 1.71 bits per heavy atom. The van der Waals surface area contributed by atoms with Crippen molar-refractivity contribution in [3.8, 4) is 0 Å². The fourth-order valence-electron chi connectivity index (χ4n) is 1.03. The topological polar surface area (TPSA) is 60.7 Å². The first-order valence-corrected chi connectivity index (χ1v) is 5.62. The molecular weight excluding hydrogens is 215 g/mol. The van der Waals surface area contributed by atoms with Crippen molar-refractivity contribution in [3.05, 3.63) is 29.8 Å². The number of rotatable bonds is 3. The first-order chi connectivity index (χ1) is 7.51. The maximum atomic E-state index is 8.67. The molecule has 17 heavy (non-hydrogen) atoms. The Hall–Kier alpha value is -0.835. The molecule has 0 aliphatic rings. The van der Waals surface area contributed by atoms with Crippen molar-refractivity contribution in [2.75, 3.05) is 0 Å². The van der Waals surface area contributed by atoms with E-state index >= 15 is 0 Å². The van der Waals surface area contributed by atoms with Crippen LogP contribution in [0.15, 0.2) is 24.3 Å². The smallest absolute Gasteiger partial charge is 0.423 e. The van der Waals surface area contributed by atoms with Gasteiger partial charge in [0.2, 0.25) is 0 Å². The average Bonchev–Trinajstić information content (AvgIpc) is 2.29. The predicted molar refractivity (Wildman–Crippen MR) is 74.3 cm³/mol. The summed E-state index contributed by atoms with van der Waals surface area (Å²) in [4.78, 5) is 0. The van der Waals surface area contributed by atoms with Crippen molar-refractivity contribution in [1.82, 2.24) is 0 Å². The van der Waals surface area contributed by atoms with Gasteiger partial charge in [-0.15, -0.1) is 0 Å². The minimum atomic E-state index is -1.35. The lowest BCUT2D eigenvalue weighted by molar-refractivity contribution is 0.166. The van der Waals surface area contributed by atoms with Crippen molar-refractivity contribution in [2.24, 2.45) is 0 Å². The van der Waals surface area contributed by atoms with Crippen molar-refractivity contribution < 1.29 is 15.2 Å². The van der Waals surface area contributed by atoms with Crippen LogP contribution < -0.4 is 5.46 Å². The van der Waals surface area contributed by atoms with E-state index in [1.165, 1.54) is 0 Å². The molecule has 0 aliphatic heterocycles. The zero-order valence-corrected chi connectivity index (χ0v) is 10.2. The molecule has 0 spiro atoms. The molecule has 0 atom stereocenters. The average molecular weight is 240 g/mol. The molecule has 0 saturated carbocycles. The second-order valence-corrected chi connectivity index (χ2v) is 3.75. The lowest BCUT2D eigenvalue weighted by Crippen LogP contribution is -2.29. The van der Waals surface area contributed by atoms with E-state index in [4.69, 9.17) is 15.2 Å². The highest BCUT2D eigenvalue weighted by Crippen LogP contribution is 1.92. The van der Waals surface area contributed by atoms with Crippen molar-refractivity contribution in [1.29, 1.82) is 0 Å². The first-order valence-electron chi connectivity index (χ1n) is 5.62. The summed E-state index contributed by atoms with van der Waals surface area (Å²) in [6.45, 7) is 5.91. The van der Waals surface area contributed by atoms with E-state index in [9.17, 15) is 0 Å². The van der Waals surface area contributed by atoms with Crippen LogP contribution in [0.5, 0.6) is 0 Å². The molecule has 0 radical (unpaired) electrons. The van der Waals surface area contributed by atoms with Crippen LogP contribution in [0.1, 0.15) is 39.7 Å². The van der Waals surface area contributed by atoms with Crippen LogP contribution >= 0.6 is 0 Å². The number of aliphatic hydroxyl groups excluding tert-OH is 1. The number of hydrogen-bond donors (Lipinski definition) is 3. The summed E-state index contributed by atoms with van der Waals surface area (Å²) in [6.07, 6.45) is 1.71. The normalized spacial score (nSPS) is 9.12. The molecule has 98 valence electrons. The number of hydrogen-bond acceptors (Lipinski definition) is 3. The molecule has 1 aromatic carbocycles. The van der Waals surface area contributed by atoms with Crippen LogP contribution in [0.2, 0.25) is 0 Å². The molecule has 0 aliphatic carbocycles. The Bertz CT molecular complexity index is 268. The van der Waals surface area contributed by atoms with Gasteiger partial charge in [0.05, 0.1) is 6.10 Å². The number of aliphatic hydroxyl groups is 1. The molecule has 0 aromatic heterocycles. The van der Waals surface area contributed by atoms with Gasteiger partial charge in [-0.25, -0.2) is 0 Å². The van der Waals surface area contributed by atoms with Crippen molar-refractivity contribution >= 4 is 12.6 Å². The highest BCUT2D eigenvalue weighted by Gasteiger charge is 2.08. The summed E-state index contributed by atoms with van der Waals surface area (Å²) in [7, 11) is -1.35. The van der Waals surface area contributed by atoms with Crippen LogP contribution in [0.25, 0.3) is 0 Å². The van der Waals surface area contributed by atoms with Crippen LogP contribution in [-0.4, -0.2) is 28.4 Å². The lowest BCUT2D eigenvalue weighted by atomic mass is 9.80. The van der Waals surface area contributed by atoms with Gasteiger partial charge >= 0.3 is 7.12 Å². The maximum Gasteiger partial charge on any atom is 0.488 e. The van der Waals surface area contributed by atoms with E-state index in [-0.39, 0.29) is 13.5 Å². The Kier molecular flexibility index (Phi) is 11.3. The SMILES string of the molecule is C.CCC(O)CC.Cc1ccc(B(O)O)cc1. The van der Waals surface area contributed by atoms with Crippen LogP contribution in [0, 0.1) is 6.92 Å². The van der Waals surface area contributed by atoms with Gasteiger partial charge in [0, 0.05) is 0 Å². The van der Waals surface area contributed by atoms with Gasteiger partial charge in [-0.2, -0.15) is 0 Å². The highest BCUT2D eigenvalue weighted by atomic mass is 16.4. The lowest BCUT2D eigenvalue weighted by Gasteiger charge is -1.98. The third-order valence-electron chi connectivity index (χ3n) is 2.32. The van der Waals surface area contributed by atoms with Gasteiger partial charge in [0.1, 0.15) is 0 Å². The van der Waals surface area contributed by atoms with Gasteiger partial charge in [-0.1, -0.05) is 51.1 Å². The third-order valence-corrected chi connectivity index (χ3v) is 2.32. The zero-order valence-electron chi connectivity index (χ0n) is 10.2. The molecule has 3 N–H and O–H groups in total. The first kappa shape index (κ1) is 18.5. The maximum absolute atomic E-state index is 8.67. The molecule has 0 heterocycles. The summed E-state index contributed by atoms with van der Waals surface area (Å²) < 4.78 is 0. The standard InChI is InChI=1S/C7H9BO2.C5H12O.CH4/c1-6-2-4-7(5-3-6)8(9)10;1-3-5(6)4-2;/h2-5,9-10H,1H3;5-6H,3-4H2,1-2H3;1H4. The van der Waals surface area contributed by atoms with Crippen LogP contribution in [0.4, 0.5) is 0 Å². The quantitative estimate of drug-likeness (QED) is 0.701. The Labute approximate surface area is 105 Å². The zero-order chi connectivity index (χ0) is 12.6. The summed E-state index contributed by atoms with van der Waals surface area (Å²) in [5.41, 5.74) is 1.65. The minimum absolute atomic E-state index is 0. The minimum Gasteiger partial charge on any atom is -0.423 e. The molecule has 3 nitrogen and oxygen atoms in total. The van der Waals surface area contributed by atoms with Gasteiger partial charge in [-0.3, -0.25) is 0 Å². The van der Waals surface area contributed by atoms with Crippen molar-refractivity contribution in [2.45, 2.75) is 47.1 Å². The van der Waals surface area contributed by atoms with Gasteiger partial charge < -0.3 is 15.2 Å². The van der Waals surface area contributed by atoms with Crippen molar-refractivity contribution in [3.63, 3.8) is 0 Å². The second-order valence-electron chi connectivity index (χ2n) is 3.75. The van der Waals surface area contributed by atoms with E-state index in [1.807, 2.05) is 32.9 Å². The van der Waals surface area contributed by atoms with E-state index in [0.29, 0.717) is 5.46 Å². The predicted octanol–water partition coefficient (Wildman–Crippen LogP) is 1.48. The molecular formula is C13H25BO3.